The highest BCUT2D eigenvalue weighted by Gasteiger charge is 2.16. The van der Waals surface area contributed by atoms with Gasteiger partial charge in [0.25, 0.3) is 0 Å². The van der Waals surface area contributed by atoms with E-state index in [1.807, 2.05) is 13.0 Å². The van der Waals surface area contributed by atoms with E-state index in [1.54, 1.807) is 0 Å². The van der Waals surface area contributed by atoms with Gasteiger partial charge in [-0.05, 0) is 40.0 Å². The van der Waals surface area contributed by atoms with E-state index in [-0.39, 0.29) is 17.1 Å². The molecule has 0 unspecified atom stereocenters. The Morgan fingerprint density at radius 1 is 1.23 bits per heavy atom. The van der Waals surface area contributed by atoms with Crippen LogP contribution in [0.4, 0.5) is 0 Å². The van der Waals surface area contributed by atoms with Gasteiger partial charge in [0.05, 0.1) is 12.7 Å². The number of rotatable bonds is 7. The van der Waals surface area contributed by atoms with Gasteiger partial charge in [-0.25, -0.2) is 0 Å². The Hall–Kier alpha value is -2.23. The van der Waals surface area contributed by atoms with Crippen molar-refractivity contribution in [3.8, 4) is 17.2 Å². The molecule has 0 aliphatic rings. The minimum absolute atomic E-state index is 0.105. The van der Waals surface area contributed by atoms with Gasteiger partial charge in [0, 0.05) is 11.6 Å². The normalized spacial score (nSPS) is 11.2. The van der Waals surface area contributed by atoms with Crippen molar-refractivity contribution < 1.29 is 19.7 Å². The molecule has 1 aromatic carbocycles. The molecule has 0 aliphatic carbocycles. The molecule has 0 heterocycles. The molecular formula is C18H24O4. The van der Waals surface area contributed by atoms with Crippen LogP contribution in [0.1, 0.15) is 49.5 Å². The first kappa shape index (κ1) is 17.8. The van der Waals surface area contributed by atoms with Gasteiger partial charge in [-0.3, -0.25) is 4.79 Å². The molecule has 0 fully saturated rings. The molecule has 1 rings (SSSR count). The van der Waals surface area contributed by atoms with Gasteiger partial charge in [0.15, 0.2) is 6.29 Å². The van der Waals surface area contributed by atoms with E-state index in [0.717, 1.165) is 12.8 Å². The summed E-state index contributed by atoms with van der Waals surface area (Å²) >= 11 is 0. The molecule has 2 N–H and O–H groups in total. The average molecular weight is 304 g/mol. The van der Waals surface area contributed by atoms with E-state index in [2.05, 4.69) is 19.9 Å². The Balaban J connectivity index is 2.97. The highest BCUT2D eigenvalue weighted by atomic mass is 16.5. The van der Waals surface area contributed by atoms with E-state index < -0.39 is 0 Å². The van der Waals surface area contributed by atoms with E-state index in [1.165, 1.54) is 24.3 Å². The van der Waals surface area contributed by atoms with Gasteiger partial charge in [0.1, 0.15) is 17.2 Å². The zero-order valence-corrected chi connectivity index (χ0v) is 13.6. The number of allylic oxidation sites excluding steroid dienone is 4. The van der Waals surface area contributed by atoms with Crippen LogP contribution in [0.15, 0.2) is 29.4 Å². The molecule has 0 aromatic heterocycles. The Labute approximate surface area is 131 Å². The van der Waals surface area contributed by atoms with E-state index in [9.17, 15) is 15.0 Å². The minimum Gasteiger partial charge on any atom is -0.507 e. The fourth-order valence-electron chi connectivity index (χ4n) is 2.15. The lowest BCUT2D eigenvalue weighted by Gasteiger charge is -2.12. The van der Waals surface area contributed by atoms with Gasteiger partial charge < -0.3 is 14.9 Å². The lowest BCUT2D eigenvalue weighted by atomic mass is 10.0. The summed E-state index contributed by atoms with van der Waals surface area (Å²) in [6.45, 7) is 6.17. The quantitative estimate of drug-likeness (QED) is 0.586. The van der Waals surface area contributed by atoms with Crippen LogP contribution in [0, 0.1) is 0 Å². The lowest BCUT2D eigenvalue weighted by Crippen LogP contribution is -1.96. The van der Waals surface area contributed by atoms with Crippen LogP contribution in [0.3, 0.4) is 0 Å². The molecule has 0 saturated heterocycles. The van der Waals surface area contributed by atoms with Crippen LogP contribution < -0.4 is 4.74 Å². The molecule has 0 radical (unpaired) electrons. The molecule has 0 saturated carbocycles. The van der Waals surface area contributed by atoms with E-state index in [0.29, 0.717) is 24.0 Å². The maximum absolute atomic E-state index is 11.0. The summed E-state index contributed by atoms with van der Waals surface area (Å²) in [6, 6.07) is 1.35. The molecule has 0 amide bonds. The van der Waals surface area contributed by atoms with Crippen molar-refractivity contribution >= 4 is 6.29 Å². The third kappa shape index (κ3) is 4.65. The Morgan fingerprint density at radius 2 is 1.91 bits per heavy atom. The van der Waals surface area contributed by atoms with Gasteiger partial charge >= 0.3 is 0 Å². The monoisotopic (exact) mass is 304 g/mol. The first-order chi connectivity index (χ1) is 10.4. The summed E-state index contributed by atoms with van der Waals surface area (Å²) < 4.78 is 5.18. The first-order valence-corrected chi connectivity index (χ1v) is 7.26. The number of carbonyl (C=O) groups is 1. The minimum atomic E-state index is -0.280. The summed E-state index contributed by atoms with van der Waals surface area (Å²) in [7, 11) is 1.46. The highest BCUT2D eigenvalue weighted by Crippen LogP contribution is 2.37. The zero-order valence-electron chi connectivity index (χ0n) is 13.6. The van der Waals surface area contributed by atoms with E-state index >= 15 is 0 Å². The highest BCUT2D eigenvalue weighted by molar-refractivity contribution is 5.85. The number of hydrogen-bond acceptors (Lipinski definition) is 4. The van der Waals surface area contributed by atoms with Gasteiger partial charge in [-0.15, -0.1) is 0 Å². The Bertz CT molecular complexity index is 594. The molecular weight excluding hydrogens is 280 g/mol. The standard InChI is InChI=1S/C18H24O4/c1-12(2)6-5-7-13(3)8-9-14-17(22-4)10-16(20)15(11-19)18(14)21/h6,8,10-11,20-21H,5,7,9H2,1-4H3/b13-8+. The second-order valence-electron chi connectivity index (χ2n) is 5.53. The molecule has 0 aliphatic heterocycles. The number of phenols is 2. The number of aldehydes is 1. The van der Waals surface area contributed by atoms with Crippen molar-refractivity contribution in [2.24, 2.45) is 0 Å². The average Bonchev–Trinajstić information content (AvgIpc) is 2.45. The Morgan fingerprint density at radius 3 is 2.45 bits per heavy atom. The smallest absolute Gasteiger partial charge is 0.157 e. The summed E-state index contributed by atoms with van der Waals surface area (Å²) in [6.07, 6.45) is 6.98. The maximum atomic E-state index is 11.0. The molecule has 0 atom stereocenters. The number of ether oxygens (including phenoxy) is 1. The maximum Gasteiger partial charge on any atom is 0.157 e. The molecule has 1 aromatic rings. The van der Waals surface area contributed by atoms with E-state index in [4.69, 9.17) is 4.74 Å². The number of aromatic hydroxyl groups is 2. The summed E-state index contributed by atoms with van der Waals surface area (Å²) in [5.74, 6) is -0.133. The second kappa shape index (κ2) is 8.27. The van der Waals surface area contributed by atoms with Gasteiger partial charge in [0.2, 0.25) is 0 Å². The van der Waals surface area contributed by atoms with Crippen molar-refractivity contribution in [1.29, 1.82) is 0 Å². The topological polar surface area (TPSA) is 66.8 Å². The molecule has 120 valence electrons. The SMILES string of the molecule is COc1cc(O)c(C=O)c(O)c1C/C=C(\C)CCC=C(C)C. The van der Waals surface area contributed by atoms with Crippen LogP contribution in [0.25, 0.3) is 0 Å². The van der Waals surface area contributed by atoms with Crippen LogP contribution in [0.5, 0.6) is 17.2 Å². The van der Waals surface area contributed by atoms with Crippen LogP contribution in [-0.2, 0) is 6.42 Å². The van der Waals surface area contributed by atoms with Gasteiger partial charge in [-0.1, -0.05) is 23.3 Å². The van der Waals surface area contributed by atoms with Crippen molar-refractivity contribution in [2.75, 3.05) is 7.11 Å². The third-order valence-corrected chi connectivity index (χ3v) is 3.47. The summed E-state index contributed by atoms with van der Waals surface area (Å²) in [5, 5.41) is 19.8. The number of hydrogen-bond donors (Lipinski definition) is 2. The number of benzene rings is 1. The van der Waals surface area contributed by atoms with Crippen molar-refractivity contribution in [2.45, 2.75) is 40.0 Å². The van der Waals surface area contributed by atoms with Crippen molar-refractivity contribution in [3.05, 3.63) is 40.5 Å². The Kier molecular flexibility index (Phi) is 6.70. The fourth-order valence-corrected chi connectivity index (χ4v) is 2.15. The fraction of sp³-hybridized carbons (Fsp3) is 0.389. The van der Waals surface area contributed by atoms with Crippen molar-refractivity contribution in [1.82, 2.24) is 0 Å². The molecule has 0 bridgehead atoms. The van der Waals surface area contributed by atoms with Crippen LogP contribution in [0.2, 0.25) is 0 Å². The first-order valence-electron chi connectivity index (χ1n) is 7.26. The van der Waals surface area contributed by atoms with Crippen molar-refractivity contribution in [3.63, 3.8) is 0 Å². The largest absolute Gasteiger partial charge is 0.507 e. The van der Waals surface area contributed by atoms with Crippen LogP contribution >= 0.6 is 0 Å². The summed E-state index contributed by atoms with van der Waals surface area (Å²) in [5.41, 5.74) is 2.89. The zero-order chi connectivity index (χ0) is 16.7. The lowest BCUT2D eigenvalue weighted by molar-refractivity contribution is 0.111. The molecule has 0 spiro atoms. The predicted octanol–water partition coefficient (Wildman–Crippen LogP) is 4.15. The number of methoxy groups -OCH3 is 1. The predicted molar refractivity (Wildman–Crippen MR) is 87.8 cm³/mol. The third-order valence-electron chi connectivity index (χ3n) is 3.47. The molecule has 22 heavy (non-hydrogen) atoms. The second-order valence-corrected chi connectivity index (χ2v) is 5.53. The molecule has 4 nitrogen and oxygen atoms in total. The summed E-state index contributed by atoms with van der Waals surface area (Å²) in [4.78, 5) is 11.0. The molecule has 4 heteroatoms. The van der Waals surface area contributed by atoms with Crippen LogP contribution in [-0.4, -0.2) is 23.6 Å². The van der Waals surface area contributed by atoms with Gasteiger partial charge in [-0.2, -0.15) is 0 Å². The number of phenolic OH excluding ortho intramolecular Hbond substituents is 2. The number of carbonyl (C=O) groups excluding carboxylic acids is 1.